The molecule has 3 heterocycles. The van der Waals surface area contributed by atoms with Gasteiger partial charge in [-0.1, -0.05) is 0 Å². The Morgan fingerprint density at radius 2 is 1.86 bits per heavy atom. The Balaban J connectivity index is 1.90. The molecule has 0 bridgehead atoms. The van der Waals surface area contributed by atoms with Crippen LogP contribution in [0.25, 0.3) is 22.0 Å². The molecule has 0 spiro atoms. The van der Waals surface area contributed by atoms with Crippen LogP contribution in [0.15, 0.2) is 66.2 Å². The van der Waals surface area contributed by atoms with E-state index in [-0.39, 0.29) is 23.0 Å². The molecule has 0 fully saturated rings. The number of rotatable bonds is 4. The molecule has 0 saturated carbocycles. The van der Waals surface area contributed by atoms with Gasteiger partial charge in [0.15, 0.2) is 0 Å². The molecule has 3 aromatic heterocycles. The Hall–Kier alpha value is -3.49. The van der Waals surface area contributed by atoms with Crippen LogP contribution in [0.1, 0.15) is 5.56 Å². The van der Waals surface area contributed by atoms with Crippen LogP contribution in [0.4, 0.5) is 13.2 Å². The van der Waals surface area contributed by atoms with Crippen LogP contribution >= 0.6 is 0 Å². The second kappa shape index (κ2) is 6.91. The minimum Gasteiger partial charge on any atom is -0.336 e. The van der Waals surface area contributed by atoms with E-state index in [1.807, 2.05) is 0 Å². The van der Waals surface area contributed by atoms with E-state index in [4.69, 9.17) is 0 Å². The van der Waals surface area contributed by atoms with Crippen LogP contribution in [0.3, 0.4) is 0 Å². The number of pyridine rings is 1. The second-order valence-corrected chi connectivity index (χ2v) is 6.18. The third-order valence-corrected chi connectivity index (χ3v) is 4.35. The van der Waals surface area contributed by atoms with Crippen LogP contribution in [-0.4, -0.2) is 24.3 Å². The van der Waals surface area contributed by atoms with Gasteiger partial charge in [0, 0.05) is 42.3 Å². The Kier molecular flexibility index (Phi) is 4.42. The molecule has 0 saturated heterocycles. The maximum Gasteiger partial charge on any atom is 0.416 e. The Bertz CT molecular complexity index is 1170. The largest absolute Gasteiger partial charge is 0.416 e. The highest BCUT2D eigenvalue weighted by Crippen LogP contribution is 2.33. The highest BCUT2D eigenvalue weighted by molar-refractivity contribution is 5.94. The molecule has 0 atom stereocenters. The predicted octanol–water partition coefficient (Wildman–Crippen LogP) is 3.37. The van der Waals surface area contributed by atoms with Crippen molar-refractivity contribution in [1.82, 2.24) is 24.3 Å². The van der Waals surface area contributed by atoms with Crippen molar-refractivity contribution in [2.75, 3.05) is 0 Å². The van der Waals surface area contributed by atoms with Gasteiger partial charge in [-0.25, -0.2) is 9.67 Å². The fourth-order valence-electron chi connectivity index (χ4n) is 2.96. The van der Waals surface area contributed by atoms with Crippen LogP contribution in [0.2, 0.25) is 0 Å². The van der Waals surface area contributed by atoms with E-state index in [1.54, 1.807) is 41.6 Å². The summed E-state index contributed by atoms with van der Waals surface area (Å²) in [4.78, 5) is 20.8. The molecule has 0 amide bonds. The molecule has 4 aromatic rings. The molecule has 0 unspecified atom stereocenters. The highest BCUT2D eigenvalue weighted by atomic mass is 19.4. The molecule has 0 aliphatic carbocycles. The maximum atomic E-state index is 13.2. The summed E-state index contributed by atoms with van der Waals surface area (Å²) in [7, 11) is 0. The lowest BCUT2D eigenvalue weighted by molar-refractivity contribution is -0.137. The molecule has 0 aliphatic heterocycles. The maximum absolute atomic E-state index is 13.2. The summed E-state index contributed by atoms with van der Waals surface area (Å²) in [6.45, 7) is 0.699. The summed E-state index contributed by atoms with van der Waals surface area (Å²) in [6.07, 6.45) is 3.54. The first kappa shape index (κ1) is 17.9. The number of benzene rings is 1. The summed E-state index contributed by atoms with van der Waals surface area (Å²) >= 11 is 0. The Morgan fingerprint density at radius 1 is 1.00 bits per heavy atom. The molecular formula is C19H14F3N5O. The summed E-state index contributed by atoms with van der Waals surface area (Å²) in [5, 5.41) is 4.68. The lowest BCUT2D eigenvalue weighted by atomic mass is 10.0. The van der Waals surface area contributed by atoms with E-state index in [0.717, 1.165) is 12.1 Å². The van der Waals surface area contributed by atoms with Gasteiger partial charge in [0.25, 0.3) is 5.56 Å². The van der Waals surface area contributed by atoms with Gasteiger partial charge in [-0.05, 0) is 30.3 Å². The van der Waals surface area contributed by atoms with Crippen LogP contribution in [-0.2, 0) is 19.3 Å². The zero-order chi connectivity index (χ0) is 19.7. The van der Waals surface area contributed by atoms with E-state index in [0.29, 0.717) is 12.1 Å². The average Bonchev–Trinajstić information content (AvgIpc) is 3.21. The molecular weight excluding hydrogens is 371 g/mol. The molecule has 6 nitrogen and oxygen atoms in total. The number of halogens is 3. The third-order valence-electron chi connectivity index (χ3n) is 4.35. The van der Waals surface area contributed by atoms with Crippen molar-refractivity contribution < 1.29 is 13.2 Å². The number of nitrogens with zero attached hydrogens (tertiary/aromatic N) is 5. The fraction of sp³-hybridized carbons (Fsp3) is 0.158. The van der Waals surface area contributed by atoms with Gasteiger partial charge in [-0.15, -0.1) is 0 Å². The van der Waals surface area contributed by atoms with Gasteiger partial charge >= 0.3 is 6.18 Å². The molecule has 0 radical (unpaired) electrons. The first-order valence-electron chi connectivity index (χ1n) is 8.42. The minimum atomic E-state index is -4.52. The number of aryl methyl sites for hydroxylation is 2. The van der Waals surface area contributed by atoms with Crippen molar-refractivity contribution in [3.63, 3.8) is 0 Å². The van der Waals surface area contributed by atoms with E-state index in [2.05, 4.69) is 15.1 Å². The fourth-order valence-corrected chi connectivity index (χ4v) is 2.96. The second-order valence-electron chi connectivity index (χ2n) is 6.18. The van der Waals surface area contributed by atoms with Crippen molar-refractivity contribution in [2.45, 2.75) is 19.3 Å². The predicted molar refractivity (Wildman–Crippen MR) is 96.5 cm³/mol. The average molecular weight is 385 g/mol. The molecule has 4 rings (SSSR count). The molecule has 9 heteroatoms. The third kappa shape index (κ3) is 3.38. The molecule has 1 aromatic carbocycles. The normalized spacial score (nSPS) is 11.8. The van der Waals surface area contributed by atoms with Gasteiger partial charge < -0.3 is 4.57 Å². The Labute approximate surface area is 156 Å². The van der Waals surface area contributed by atoms with Gasteiger partial charge in [0.1, 0.15) is 5.69 Å². The summed E-state index contributed by atoms with van der Waals surface area (Å²) in [5.74, 6) is 0. The van der Waals surface area contributed by atoms with Gasteiger partial charge in [-0.2, -0.15) is 18.3 Å². The zero-order valence-corrected chi connectivity index (χ0v) is 14.5. The first-order chi connectivity index (χ1) is 13.4. The SMILES string of the molecule is O=c1c2ccc(C(F)(F)F)cc2c(-c2cccnc2)nn1CCn1ccnc1. The van der Waals surface area contributed by atoms with E-state index in [1.165, 1.54) is 16.9 Å². The quantitative estimate of drug-likeness (QED) is 0.540. The van der Waals surface area contributed by atoms with E-state index < -0.39 is 17.3 Å². The summed E-state index contributed by atoms with van der Waals surface area (Å²) < 4.78 is 42.6. The van der Waals surface area contributed by atoms with Crippen LogP contribution in [0, 0.1) is 0 Å². The highest BCUT2D eigenvalue weighted by Gasteiger charge is 2.31. The molecule has 142 valence electrons. The molecule has 0 aliphatic rings. The topological polar surface area (TPSA) is 65.6 Å². The van der Waals surface area contributed by atoms with E-state index >= 15 is 0 Å². The van der Waals surface area contributed by atoms with Crippen molar-refractivity contribution in [1.29, 1.82) is 0 Å². The van der Waals surface area contributed by atoms with E-state index in [9.17, 15) is 18.0 Å². The van der Waals surface area contributed by atoms with Gasteiger partial charge in [0.2, 0.25) is 0 Å². The van der Waals surface area contributed by atoms with Crippen molar-refractivity contribution in [3.8, 4) is 11.3 Å². The lowest BCUT2D eigenvalue weighted by Gasteiger charge is -2.13. The van der Waals surface area contributed by atoms with Crippen molar-refractivity contribution >= 4 is 10.8 Å². The van der Waals surface area contributed by atoms with Gasteiger partial charge in [0.05, 0.1) is 23.8 Å². The minimum absolute atomic E-state index is 0.145. The van der Waals surface area contributed by atoms with Gasteiger partial charge in [-0.3, -0.25) is 9.78 Å². The number of fused-ring (bicyclic) bond motifs is 1. The lowest BCUT2D eigenvalue weighted by Crippen LogP contribution is -2.26. The number of imidazole rings is 1. The number of hydrogen-bond acceptors (Lipinski definition) is 4. The van der Waals surface area contributed by atoms with Crippen LogP contribution in [0.5, 0.6) is 0 Å². The number of alkyl halides is 3. The number of aromatic nitrogens is 5. The molecule has 28 heavy (non-hydrogen) atoms. The summed E-state index contributed by atoms with van der Waals surface area (Å²) in [6, 6.07) is 6.44. The smallest absolute Gasteiger partial charge is 0.336 e. The van der Waals surface area contributed by atoms with Crippen molar-refractivity contribution in [2.24, 2.45) is 0 Å². The number of hydrogen-bond donors (Lipinski definition) is 0. The molecule has 0 N–H and O–H groups in total. The monoisotopic (exact) mass is 385 g/mol. The van der Waals surface area contributed by atoms with Crippen molar-refractivity contribution in [3.05, 3.63) is 77.4 Å². The van der Waals surface area contributed by atoms with Crippen LogP contribution < -0.4 is 5.56 Å². The first-order valence-corrected chi connectivity index (χ1v) is 8.42. The Morgan fingerprint density at radius 3 is 2.54 bits per heavy atom. The zero-order valence-electron chi connectivity index (χ0n) is 14.5. The standard InChI is InChI=1S/C19H14F3N5O/c20-19(21,22)14-3-4-15-16(10-14)17(13-2-1-5-23-11-13)25-27(18(15)28)9-8-26-7-6-24-12-26/h1-7,10-12H,8-9H2. The summed E-state index contributed by atoms with van der Waals surface area (Å²) in [5.41, 5.74) is -0.471.